The number of nitrogens with zero attached hydrogens (tertiary/aromatic N) is 1. The lowest BCUT2D eigenvalue weighted by Gasteiger charge is -1.99. The van der Waals surface area contributed by atoms with Gasteiger partial charge in [0.1, 0.15) is 11.3 Å². The lowest BCUT2D eigenvalue weighted by atomic mass is 10.2. The van der Waals surface area contributed by atoms with Crippen molar-refractivity contribution >= 4 is 18.1 Å². The van der Waals surface area contributed by atoms with Crippen LogP contribution in [-0.2, 0) is 14.3 Å². The van der Waals surface area contributed by atoms with Crippen LogP contribution in [0.15, 0.2) is 16.3 Å². The maximum absolute atomic E-state index is 10.9. The van der Waals surface area contributed by atoms with Gasteiger partial charge in [0.2, 0.25) is 5.91 Å². The largest absolute Gasteiger partial charge is 0.512 e. The zero-order chi connectivity index (χ0) is 10.4. The molecule has 0 aromatic rings. The van der Waals surface area contributed by atoms with Crippen LogP contribution in [0, 0.1) is 0 Å². The van der Waals surface area contributed by atoms with Gasteiger partial charge in [-0.1, -0.05) is 0 Å². The third kappa shape index (κ3) is 4.05. The summed E-state index contributed by atoms with van der Waals surface area (Å²) >= 11 is 0. The zero-order valence-electron chi connectivity index (χ0n) is 7.70. The number of rotatable bonds is 2. The van der Waals surface area contributed by atoms with Crippen molar-refractivity contribution in [1.82, 2.24) is 0 Å². The molecular weight excluding hydrogens is 174 g/mol. The quantitative estimate of drug-likeness (QED) is 0.296. The van der Waals surface area contributed by atoms with E-state index in [1.54, 1.807) is 0 Å². The average molecular weight is 185 g/mol. The number of hydrogen-bond donors (Lipinski definition) is 1. The van der Waals surface area contributed by atoms with Crippen LogP contribution in [0.25, 0.3) is 0 Å². The van der Waals surface area contributed by atoms with Crippen LogP contribution in [0.4, 0.5) is 0 Å². The Morgan fingerprint density at radius 1 is 1.38 bits per heavy atom. The van der Waals surface area contributed by atoms with E-state index >= 15 is 0 Å². The summed E-state index contributed by atoms with van der Waals surface area (Å²) in [6.07, 6.45) is 0.976. The highest BCUT2D eigenvalue weighted by molar-refractivity contribution is 6.11. The van der Waals surface area contributed by atoms with Gasteiger partial charge >= 0.3 is 5.97 Å². The predicted molar refractivity (Wildman–Crippen MR) is 46.5 cm³/mol. The SMILES string of the molecule is COC(=O)C(C=NC(C)=O)=C(C)O. The van der Waals surface area contributed by atoms with Crippen LogP contribution in [0.5, 0.6) is 0 Å². The minimum atomic E-state index is -0.731. The minimum absolute atomic E-state index is 0.127. The number of ether oxygens (including phenoxy) is 1. The standard InChI is InChI=1S/C8H11NO4/c1-5(10)7(8(12)13-3)4-9-6(2)11/h4,10H,1-3H3. The van der Waals surface area contributed by atoms with Crippen molar-refractivity contribution in [3.05, 3.63) is 11.3 Å². The molecule has 0 radical (unpaired) electrons. The molecule has 0 fully saturated rings. The lowest BCUT2D eigenvalue weighted by molar-refractivity contribution is -0.135. The summed E-state index contributed by atoms with van der Waals surface area (Å²) in [7, 11) is 1.17. The number of aliphatic imine (C=N–C) groups is 1. The van der Waals surface area contributed by atoms with E-state index in [9.17, 15) is 9.59 Å². The topological polar surface area (TPSA) is 76.0 Å². The fourth-order valence-corrected chi connectivity index (χ4v) is 0.559. The number of aliphatic hydroxyl groups excluding tert-OH is 1. The first-order valence-electron chi connectivity index (χ1n) is 3.51. The Morgan fingerprint density at radius 3 is 2.23 bits per heavy atom. The highest BCUT2D eigenvalue weighted by atomic mass is 16.5. The van der Waals surface area contributed by atoms with Gasteiger partial charge in [-0.15, -0.1) is 0 Å². The van der Waals surface area contributed by atoms with Gasteiger partial charge in [0.15, 0.2) is 0 Å². The summed E-state index contributed by atoms with van der Waals surface area (Å²) < 4.78 is 4.35. The van der Waals surface area contributed by atoms with Gasteiger partial charge in [0.25, 0.3) is 0 Å². The van der Waals surface area contributed by atoms with Crippen LogP contribution in [0.1, 0.15) is 13.8 Å². The Hall–Kier alpha value is -1.65. The molecule has 0 atom stereocenters. The molecule has 0 bridgehead atoms. The van der Waals surface area contributed by atoms with Crippen molar-refractivity contribution < 1.29 is 19.4 Å². The minimum Gasteiger partial charge on any atom is -0.512 e. The summed E-state index contributed by atoms with van der Waals surface area (Å²) in [6.45, 7) is 2.54. The molecular formula is C8H11NO4. The van der Waals surface area contributed by atoms with Gasteiger partial charge in [-0.25, -0.2) is 9.79 Å². The molecule has 0 heterocycles. The number of carbonyl (C=O) groups excluding carboxylic acids is 2. The molecule has 0 aliphatic rings. The molecule has 0 aromatic carbocycles. The van der Waals surface area contributed by atoms with Gasteiger partial charge in [0, 0.05) is 13.1 Å². The second kappa shape index (κ2) is 5.08. The highest BCUT2D eigenvalue weighted by Crippen LogP contribution is 2.00. The first-order valence-corrected chi connectivity index (χ1v) is 3.51. The fourth-order valence-electron chi connectivity index (χ4n) is 0.559. The molecule has 5 nitrogen and oxygen atoms in total. The lowest BCUT2D eigenvalue weighted by Crippen LogP contribution is -2.08. The molecule has 0 aliphatic heterocycles. The molecule has 13 heavy (non-hydrogen) atoms. The molecule has 0 rings (SSSR count). The van der Waals surface area contributed by atoms with Gasteiger partial charge < -0.3 is 9.84 Å². The van der Waals surface area contributed by atoms with E-state index in [0.717, 1.165) is 6.21 Å². The van der Waals surface area contributed by atoms with E-state index in [2.05, 4.69) is 9.73 Å². The number of allylic oxidation sites excluding steroid dienone is 1. The van der Waals surface area contributed by atoms with Gasteiger partial charge in [0.05, 0.1) is 7.11 Å². The summed E-state index contributed by atoms with van der Waals surface area (Å²) in [6, 6.07) is 0. The summed E-state index contributed by atoms with van der Waals surface area (Å²) in [5.41, 5.74) is -0.127. The number of methoxy groups -OCH3 is 1. The summed E-state index contributed by atoms with van der Waals surface area (Å²) in [4.78, 5) is 24.7. The second-order valence-electron chi connectivity index (χ2n) is 2.27. The maximum Gasteiger partial charge on any atom is 0.342 e. The van der Waals surface area contributed by atoms with E-state index in [1.807, 2.05) is 0 Å². The zero-order valence-corrected chi connectivity index (χ0v) is 7.70. The number of hydrogen-bond acceptors (Lipinski definition) is 4. The summed E-state index contributed by atoms with van der Waals surface area (Å²) in [5, 5.41) is 9.00. The summed E-state index contributed by atoms with van der Waals surface area (Å²) in [5.74, 6) is -1.43. The van der Waals surface area contributed by atoms with Crippen molar-refractivity contribution in [3.8, 4) is 0 Å². The highest BCUT2D eigenvalue weighted by Gasteiger charge is 2.10. The van der Waals surface area contributed by atoms with Crippen molar-refractivity contribution in [3.63, 3.8) is 0 Å². The predicted octanol–water partition coefficient (Wildman–Crippen LogP) is 0.609. The molecule has 0 spiro atoms. The first kappa shape index (κ1) is 11.4. The van der Waals surface area contributed by atoms with E-state index in [-0.39, 0.29) is 11.3 Å². The van der Waals surface area contributed by atoms with Crippen LogP contribution in [-0.4, -0.2) is 30.3 Å². The smallest absolute Gasteiger partial charge is 0.342 e. The van der Waals surface area contributed by atoms with Crippen molar-refractivity contribution in [2.45, 2.75) is 13.8 Å². The number of carbonyl (C=O) groups is 2. The third-order valence-corrected chi connectivity index (χ3v) is 1.17. The fraction of sp³-hybridized carbons (Fsp3) is 0.375. The monoisotopic (exact) mass is 185 g/mol. The van der Waals surface area contributed by atoms with Crippen LogP contribution in [0.3, 0.4) is 0 Å². The molecule has 0 saturated heterocycles. The Labute approximate surface area is 75.7 Å². The van der Waals surface area contributed by atoms with Gasteiger partial charge in [-0.05, 0) is 6.92 Å². The van der Waals surface area contributed by atoms with E-state index in [1.165, 1.54) is 21.0 Å². The van der Waals surface area contributed by atoms with Crippen molar-refractivity contribution in [2.24, 2.45) is 4.99 Å². The Morgan fingerprint density at radius 2 is 1.92 bits per heavy atom. The van der Waals surface area contributed by atoms with Crippen molar-refractivity contribution in [2.75, 3.05) is 7.11 Å². The molecule has 0 unspecified atom stereocenters. The van der Waals surface area contributed by atoms with Crippen LogP contribution >= 0.6 is 0 Å². The molecule has 5 heteroatoms. The molecule has 0 saturated carbocycles. The molecule has 72 valence electrons. The van der Waals surface area contributed by atoms with Gasteiger partial charge in [-0.3, -0.25) is 4.79 Å². The normalized spacial score (nSPS) is 12.5. The Balaban J connectivity index is 4.77. The Kier molecular flexibility index (Phi) is 4.43. The number of amides is 1. The first-order chi connectivity index (χ1) is 5.99. The number of esters is 1. The molecule has 0 aliphatic carbocycles. The molecule has 1 amide bonds. The average Bonchev–Trinajstić information content (AvgIpc) is 2.03. The molecule has 0 aromatic heterocycles. The second-order valence-corrected chi connectivity index (χ2v) is 2.27. The van der Waals surface area contributed by atoms with E-state index in [0.29, 0.717) is 0 Å². The van der Waals surface area contributed by atoms with E-state index in [4.69, 9.17) is 5.11 Å². The number of aliphatic hydroxyl groups is 1. The third-order valence-electron chi connectivity index (χ3n) is 1.17. The maximum atomic E-state index is 10.9. The molecule has 1 N–H and O–H groups in total. The van der Waals surface area contributed by atoms with Crippen LogP contribution in [0.2, 0.25) is 0 Å². The van der Waals surface area contributed by atoms with Crippen molar-refractivity contribution in [1.29, 1.82) is 0 Å². The Bertz CT molecular complexity index is 274. The van der Waals surface area contributed by atoms with Crippen LogP contribution < -0.4 is 0 Å². The van der Waals surface area contributed by atoms with Gasteiger partial charge in [-0.2, -0.15) is 0 Å². The van der Waals surface area contributed by atoms with E-state index < -0.39 is 11.9 Å².